The molecule has 0 saturated carbocycles. The molecular weight excluding hydrogens is 322 g/mol. The van der Waals surface area contributed by atoms with Crippen LogP contribution in [0.3, 0.4) is 0 Å². The fourth-order valence-electron chi connectivity index (χ4n) is 3.08. The Morgan fingerprint density at radius 2 is 2.12 bits per heavy atom. The summed E-state index contributed by atoms with van der Waals surface area (Å²) in [6.07, 6.45) is 0.906. The van der Waals surface area contributed by atoms with Crippen LogP contribution in [0.2, 0.25) is 0 Å². The highest BCUT2D eigenvalue weighted by Crippen LogP contribution is 2.21. The topological polar surface area (TPSA) is 88.5 Å². The van der Waals surface area contributed by atoms with Crippen molar-refractivity contribution in [1.29, 1.82) is 0 Å². The molecule has 2 aromatic heterocycles. The minimum atomic E-state index is -0.0874. The van der Waals surface area contributed by atoms with Crippen LogP contribution in [0.4, 0.5) is 0 Å². The van der Waals surface area contributed by atoms with E-state index in [0.717, 1.165) is 6.42 Å². The largest absolute Gasteiger partial charge is 0.436 e. The number of nitrogens with zero attached hydrogens (tertiary/aromatic N) is 5. The molecule has 0 unspecified atom stereocenters. The molecule has 0 bridgehead atoms. The number of carbonyl (C=O) groups is 1. The molecule has 1 amide bonds. The maximum Gasteiger partial charge on any atom is 0.291 e. The first-order valence-corrected chi connectivity index (χ1v) is 8.61. The van der Waals surface area contributed by atoms with Crippen LogP contribution in [0.1, 0.15) is 60.0 Å². The molecule has 2 aromatic rings. The van der Waals surface area contributed by atoms with E-state index in [-0.39, 0.29) is 17.9 Å². The summed E-state index contributed by atoms with van der Waals surface area (Å²) in [5.41, 5.74) is 0.646. The summed E-state index contributed by atoms with van der Waals surface area (Å²) in [6.45, 7) is 9.55. The predicted octanol–water partition coefficient (Wildman–Crippen LogP) is 2.14. The van der Waals surface area contributed by atoms with E-state index in [2.05, 4.69) is 20.0 Å². The molecule has 25 heavy (non-hydrogen) atoms. The van der Waals surface area contributed by atoms with Gasteiger partial charge in [0.15, 0.2) is 11.7 Å². The molecule has 1 atom stereocenters. The maximum atomic E-state index is 12.6. The number of likely N-dealkylation sites (N-methyl/N-ethyl adjacent to an activating group) is 1. The smallest absolute Gasteiger partial charge is 0.291 e. The standard InChI is InChI=1S/C17H25N5O3/c1-10(2)16-19-14(20-25-16)9-21(5)13-6-7-22(8-13)17(23)15-11(3)18-12(4)24-15/h10,13H,6-9H2,1-5H3/t13-/m1/s1. The molecule has 3 rings (SSSR count). The Hall–Kier alpha value is -2.22. The maximum absolute atomic E-state index is 12.6. The Bertz CT molecular complexity index is 751. The summed E-state index contributed by atoms with van der Waals surface area (Å²) >= 11 is 0. The van der Waals surface area contributed by atoms with Gasteiger partial charge in [0.1, 0.15) is 0 Å². The zero-order chi connectivity index (χ0) is 18.1. The van der Waals surface area contributed by atoms with Crippen molar-refractivity contribution >= 4 is 5.91 Å². The lowest BCUT2D eigenvalue weighted by Gasteiger charge is -2.23. The lowest BCUT2D eigenvalue weighted by molar-refractivity contribution is 0.0745. The summed E-state index contributed by atoms with van der Waals surface area (Å²) in [7, 11) is 2.02. The average molecular weight is 347 g/mol. The lowest BCUT2D eigenvalue weighted by atomic mass is 10.2. The normalized spacial score (nSPS) is 17.9. The summed E-state index contributed by atoms with van der Waals surface area (Å²) in [5.74, 6) is 2.34. The van der Waals surface area contributed by atoms with Gasteiger partial charge in [-0.15, -0.1) is 0 Å². The molecule has 0 N–H and O–H groups in total. The van der Waals surface area contributed by atoms with Crippen molar-refractivity contribution < 1.29 is 13.7 Å². The molecule has 0 radical (unpaired) electrons. The fourth-order valence-corrected chi connectivity index (χ4v) is 3.08. The Labute approximate surface area is 147 Å². The predicted molar refractivity (Wildman–Crippen MR) is 90.1 cm³/mol. The van der Waals surface area contributed by atoms with E-state index in [1.165, 1.54) is 0 Å². The van der Waals surface area contributed by atoms with Crippen LogP contribution in [-0.4, -0.2) is 57.0 Å². The summed E-state index contributed by atoms with van der Waals surface area (Å²) < 4.78 is 10.7. The second kappa shape index (κ2) is 6.95. The Morgan fingerprint density at radius 1 is 1.36 bits per heavy atom. The Balaban J connectivity index is 1.59. The molecule has 8 nitrogen and oxygen atoms in total. The minimum absolute atomic E-state index is 0.0874. The van der Waals surface area contributed by atoms with Gasteiger partial charge in [-0.1, -0.05) is 19.0 Å². The van der Waals surface area contributed by atoms with E-state index in [1.807, 2.05) is 25.8 Å². The number of aryl methyl sites for hydroxylation is 2. The van der Waals surface area contributed by atoms with Crippen LogP contribution in [0.15, 0.2) is 8.94 Å². The fraction of sp³-hybridized carbons (Fsp3) is 0.647. The van der Waals surface area contributed by atoms with E-state index in [9.17, 15) is 4.79 Å². The van der Waals surface area contributed by atoms with E-state index < -0.39 is 0 Å². The summed E-state index contributed by atoms with van der Waals surface area (Å²) in [4.78, 5) is 25.2. The van der Waals surface area contributed by atoms with E-state index in [4.69, 9.17) is 8.94 Å². The molecule has 1 aliphatic heterocycles. The van der Waals surface area contributed by atoms with E-state index in [1.54, 1.807) is 13.8 Å². The van der Waals surface area contributed by atoms with Crippen LogP contribution >= 0.6 is 0 Å². The second-order valence-electron chi connectivity index (χ2n) is 6.96. The van der Waals surface area contributed by atoms with Crippen molar-refractivity contribution in [2.75, 3.05) is 20.1 Å². The minimum Gasteiger partial charge on any atom is -0.436 e. The zero-order valence-electron chi connectivity index (χ0n) is 15.4. The number of aromatic nitrogens is 3. The van der Waals surface area contributed by atoms with Gasteiger partial charge >= 0.3 is 0 Å². The Kier molecular flexibility index (Phi) is 4.89. The molecule has 1 saturated heterocycles. The van der Waals surface area contributed by atoms with Crippen molar-refractivity contribution in [1.82, 2.24) is 24.9 Å². The van der Waals surface area contributed by atoms with Crippen molar-refractivity contribution in [2.24, 2.45) is 0 Å². The van der Waals surface area contributed by atoms with Crippen LogP contribution in [-0.2, 0) is 6.54 Å². The highest BCUT2D eigenvalue weighted by Gasteiger charge is 2.32. The van der Waals surface area contributed by atoms with Gasteiger partial charge in [0, 0.05) is 32.0 Å². The van der Waals surface area contributed by atoms with Crippen molar-refractivity contribution in [3.05, 3.63) is 29.1 Å². The molecule has 0 aliphatic carbocycles. The quantitative estimate of drug-likeness (QED) is 0.818. The second-order valence-corrected chi connectivity index (χ2v) is 6.96. The first-order chi connectivity index (χ1) is 11.8. The molecule has 1 fully saturated rings. The highest BCUT2D eigenvalue weighted by atomic mass is 16.5. The third-order valence-corrected chi connectivity index (χ3v) is 4.54. The summed E-state index contributed by atoms with van der Waals surface area (Å²) in [5, 5.41) is 4.03. The lowest BCUT2D eigenvalue weighted by Crippen LogP contribution is -2.36. The number of hydrogen-bond acceptors (Lipinski definition) is 7. The van der Waals surface area contributed by atoms with E-state index >= 15 is 0 Å². The van der Waals surface area contributed by atoms with Crippen LogP contribution in [0.25, 0.3) is 0 Å². The van der Waals surface area contributed by atoms with Crippen LogP contribution in [0.5, 0.6) is 0 Å². The van der Waals surface area contributed by atoms with Gasteiger partial charge in [-0.2, -0.15) is 4.98 Å². The average Bonchev–Trinajstić information content (AvgIpc) is 3.26. The molecule has 8 heteroatoms. The molecular formula is C17H25N5O3. The third-order valence-electron chi connectivity index (χ3n) is 4.54. The third kappa shape index (κ3) is 3.73. The zero-order valence-corrected chi connectivity index (χ0v) is 15.4. The highest BCUT2D eigenvalue weighted by molar-refractivity contribution is 5.92. The Morgan fingerprint density at radius 3 is 2.72 bits per heavy atom. The number of oxazole rings is 1. The van der Waals surface area contributed by atoms with Gasteiger partial charge in [-0.3, -0.25) is 9.69 Å². The molecule has 0 aromatic carbocycles. The molecule has 1 aliphatic rings. The molecule has 0 spiro atoms. The van der Waals surface area contributed by atoms with E-state index in [0.29, 0.717) is 48.7 Å². The van der Waals surface area contributed by atoms with Crippen molar-refractivity contribution in [3.63, 3.8) is 0 Å². The van der Waals surface area contributed by atoms with Gasteiger partial charge in [0.25, 0.3) is 5.91 Å². The van der Waals surface area contributed by atoms with Crippen LogP contribution < -0.4 is 0 Å². The van der Waals surface area contributed by atoms with Gasteiger partial charge in [-0.05, 0) is 20.4 Å². The molecule has 136 valence electrons. The number of carbonyl (C=O) groups excluding carboxylic acids is 1. The first-order valence-electron chi connectivity index (χ1n) is 8.61. The van der Waals surface area contributed by atoms with Crippen LogP contribution in [0, 0.1) is 13.8 Å². The number of likely N-dealkylation sites (tertiary alicyclic amines) is 1. The van der Waals surface area contributed by atoms with Gasteiger partial charge in [-0.25, -0.2) is 4.98 Å². The van der Waals surface area contributed by atoms with Gasteiger partial charge in [0.2, 0.25) is 11.7 Å². The number of rotatable bonds is 5. The van der Waals surface area contributed by atoms with Gasteiger partial charge in [0.05, 0.1) is 12.2 Å². The monoisotopic (exact) mass is 347 g/mol. The van der Waals surface area contributed by atoms with Crippen molar-refractivity contribution in [3.8, 4) is 0 Å². The molecule has 3 heterocycles. The summed E-state index contributed by atoms with van der Waals surface area (Å²) in [6, 6.07) is 0.259. The SMILES string of the molecule is Cc1nc(C)c(C(=O)N2CC[C@@H](N(C)Cc3noc(C(C)C)n3)C2)o1. The first kappa shape index (κ1) is 17.6. The van der Waals surface area contributed by atoms with Gasteiger partial charge < -0.3 is 13.8 Å². The number of hydrogen-bond donors (Lipinski definition) is 0. The van der Waals surface area contributed by atoms with Crippen molar-refractivity contribution in [2.45, 2.75) is 52.6 Å². The number of amides is 1.